The molecule has 0 unspecified atom stereocenters. The Bertz CT molecular complexity index is 955. The highest BCUT2D eigenvalue weighted by Gasteiger charge is 2.36. The van der Waals surface area contributed by atoms with Gasteiger partial charge in [-0.2, -0.15) is 0 Å². The van der Waals surface area contributed by atoms with Crippen LogP contribution >= 0.6 is 0 Å². The first-order valence-electron chi connectivity index (χ1n) is 9.29. The molecule has 4 N–H and O–H groups in total. The zero-order valence-corrected chi connectivity index (χ0v) is 16.3. The number of aryl methyl sites for hydroxylation is 1. The Labute approximate surface area is 158 Å². The predicted octanol–water partition coefficient (Wildman–Crippen LogP) is 2.57. The molecule has 4 rings (SSSR count). The second kappa shape index (κ2) is 6.23. The van der Waals surface area contributed by atoms with Crippen LogP contribution in [0.5, 0.6) is 0 Å². The number of H-pyrrole nitrogens is 1. The highest BCUT2D eigenvalue weighted by atomic mass is 16.5. The quantitative estimate of drug-likeness (QED) is 0.648. The summed E-state index contributed by atoms with van der Waals surface area (Å²) in [5.74, 6) is 2.53. The summed E-state index contributed by atoms with van der Waals surface area (Å²) in [6, 6.07) is 1.95. The number of aromatic nitrogens is 4. The molecule has 0 amide bonds. The zero-order valence-electron chi connectivity index (χ0n) is 16.3. The summed E-state index contributed by atoms with van der Waals surface area (Å²) >= 11 is 0. The van der Waals surface area contributed by atoms with E-state index < -0.39 is 0 Å². The normalized spacial score (nSPS) is 20.6. The average molecular weight is 369 g/mol. The molecule has 0 saturated carbocycles. The molecule has 3 aromatic heterocycles. The second-order valence-electron chi connectivity index (χ2n) is 8.61. The largest absolute Gasteiger partial charge is 0.365 e. The third-order valence-corrected chi connectivity index (χ3v) is 5.20. The maximum absolute atomic E-state index is 6.67. The molecule has 3 aromatic rings. The van der Waals surface area contributed by atoms with Gasteiger partial charge in [-0.3, -0.25) is 0 Å². The Kier molecular flexibility index (Phi) is 4.10. The van der Waals surface area contributed by atoms with Crippen molar-refractivity contribution in [1.82, 2.24) is 20.1 Å². The number of aromatic amines is 1. The molecule has 0 spiro atoms. The summed E-state index contributed by atoms with van der Waals surface area (Å²) in [7, 11) is 0. The second-order valence-corrected chi connectivity index (χ2v) is 8.61. The van der Waals surface area contributed by atoms with Crippen LogP contribution in [0.1, 0.15) is 38.5 Å². The Hall–Kier alpha value is -2.61. The molecular formula is C19H27N7O. The van der Waals surface area contributed by atoms with Crippen LogP contribution < -0.4 is 16.0 Å². The number of nitrogens with two attached hydrogens (primary N) is 1. The van der Waals surface area contributed by atoms with Crippen molar-refractivity contribution < 1.29 is 4.52 Å². The predicted molar refractivity (Wildman–Crippen MR) is 106 cm³/mol. The molecule has 1 atom stereocenters. The van der Waals surface area contributed by atoms with Crippen molar-refractivity contribution in [1.29, 1.82) is 0 Å². The van der Waals surface area contributed by atoms with Crippen LogP contribution in [-0.2, 0) is 5.41 Å². The Morgan fingerprint density at radius 1 is 1.37 bits per heavy atom. The molecule has 0 aromatic carbocycles. The number of nitrogens with zero attached hydrogens (tertiary/aromatic N) is 4. The molecule has 8 nitrogen and oxygen atoms in total. The number of hydrogen-bond acceptors (Lipinski definition) is 7. The van der Waals surface area contributed by atoms with Crippen molar-refractivity contribution in [3.8, 4) is 0 Å². The van der Waals surface area contributed by atoms with Crippen molar-refractivity contribution in [2.75, 3.05) is 29.9 Å². The summed E-state index contributed by atoms with van der Waals surface area (Å²) in [5.41, 5.74) is 8.25. The van der Waals surface area contributed by atoms with E-state index >= 15 is 0 Å². The highest BCUT2D eigenvalue weighted by Crippen LogP contribution is 2.31. The van der Waals surface area contributed by atoms with E-state index in [1.54, 1.807) is 6.33 Å². The van der Waals surface area contributed by atoms with Crippen molar-refractivity contribution in [3.63, 3.8) is 0 Å². The van der Waals surface area contributed by atoms with Crippen molar-refractivity contribution >= 4 is 22.7 Å². The van der Waals surface area contributed by atoms with Gasteiger partial charge in [-0.25, -0.2) is 9.97 Å². The van der Waals surface area contributed by atoms with Gasteiger partial charge in [0, 0.05) is 37.3 Å². The van der Waals surface area contributed by atoms with E-state index in [2.05, 4.69) is 58.0 Å². The smallest absolute Gasteiger partial charge is 0.169 e. The highest BCUT2D eigenvalue weighted by molar-refractivity contribution is 5.90. The lowest BCUT2D eigenvalue weighted by Crippen LogP contribution is -2.48. The van der Waals surface area contributed by atoms with Gasteiger partial charge in [0.2, 0.25) is 0 Å². The molecule has 1 aliphatic heterocycles. The minimum absolute atomic E-state index is 0.0652. The van der Waals surface area contributed by atoms with Gasteiger partial charge in [0.05, 0.1) is 10.9 Å². The lowest BCUT2D eigenvalue weighted by atomic mass is 9.93. The van der Waals surface area contributed by atoms with E-state index in [0.717, 1.165) is 53.5 Å². The molecule has 1 aliphatic rings. The van der Waals surface area contributed by atoms with Gasteiger partial charge in [0.1, 0.15) is 23.6 Å². The molecule has 0 aliphatic carbocycles. The Morgan fingerprint density at radius 3 is 2.93 bits per heavy atom. The Morgan fingerprint density at radius 2 is 2.19 bits per heavy atom. The van der Waals surface area contributed by atoms with Gasteiger partial charge in [-0.1, -0.05) is 25.9 Å². The van der Waals surface area contributed by atoms with E-state index in [4.69, 9.17) is 10.3 Å². The van der Waals surface area contributed by atoms with Gasteiger partial charge in [-0.05, 0) is 18.9 Å². The topological polar surface area (TPSA) is 109 Å². The molecule has 1 saturated heterocycles. The summed E-state index contributed by atoms with van der Waals surface area (Å²) in [5, 5.41) is 8.53. The van der Waals surface area contributed by atoms with E-state index in [-0.39, 0.29) is 11.0 Å². The third kappa shape index (κ3) is 3.37. The maximum Gasteiger partial charge on any atom is 0.169 e. The number of nitrogens with one attached hydrogen (secondary N) is 2. The molecule has 0 radical (unpaired) electrons. The molecule has 4 heterocycles. The first-order valence-corrected chi connectivity index (χ1v) is 9.29. The maximum atomic E-state index is 6.67. The van der Waals surface area contributed by atoms with Crippen molar-refractivity contribution in [2.24, 2.45) is 5.73 Å². The van der Waals surface area contributed by atoms with E-state index in [1.165, 1.54) is 0 Å². The fraction of sp³-hybridized carbons (Fsp3) is 0.526. The molecule has 27 heavy (non-hydrogen) atoms. The molecule has 144 valence electrons. The summed E-state index contributed by atoms with van der Waals surface area (Å²) in [6.45, 7) is 10.6. The standard InChI is InChI=1S/C19H27N7O/c1-12-8-21-16-15(12)17(24-11-23-16)26-6-5-19(20,10-26)9-22-14-7-13(27-25-14)18(2,3)4/h7-8,11H,5-6,9-10,20H2,1-4H3,(H,22,25)(H,21,23,24)/t19-/m0/s1. The lowest BCUT2D eigenvalue weighted by molar-refractivity contribution is 0.330. The lowest BCUT2D eigenvalue weighted by Gasteiger charge is -2.25. The van der Waals surface area contributed by atoms with Crippen LogP contribution in [0.3, 0.4) is 0 Å². The molecule has 0 bridgehead atoms. The number of hydrogen-bond donors (Lipinski definition) is 3. The minimum Gasteiger partial charge on any atom is -0.365 e. The van der Waals surface area contributed by atoms with E-state index in [0.29, 0.717) is 6.54 Å². The fourth-order valence-corrected chi connectivity index (χ4v) is 3.54. The van der Waals surface area contributed by atoms with Gasteiger partial charge in [0.15, 0.2) is 5.82 Å². The van der Waals surface area contributed by atoms with Crippen LogP contribution in [0.2, 0.25) is 0 Å². The van der Waals surface area contributed by atoms with Crippen LogP contribution in [0.15, 0.2) is 23.1 Å². The van der Waals surface area contributed by atoms with Crippen LogP contribution in [0, 0.1) is 6.92 Å². The van der Waals surface area contributed by atoms with Crippen LogP contribution in [-0.4, -0.2) is 45.3 Å². The van der Waals surface area contributed by atoms with Crippen molar-refractivity contribution in [3.05, 3.63) is 29.9 Å². The summed E-state index contributed by atoms with van der Waals surface area (Å²) in [4.78, 5) is 14.3. The van der Waals surface area contributed by atoms with Gasteiger partial charge < -0.3 is 25.5 Å². The minimum atomic E-state index is -0.359. The first kappa shape index (κ1) is 17.8. The zero-order chi connectivity index (χ0) is 19.2. The average Bonchev–Trinajstić information content (AvgIpc) is 3.32. The summed E-state index contributed by atoms with van der Waals surface area (Å²) < 4.78 is 5.44. The number of anilines is 2. The van der Waals surface area contributed by atoms with Gasteiger partial charge >= 0.3 is 0 Å². The Balaban J connectivity index is 1.46. The van der Waals surface area contributed by atoms with Crippen LogP contribution in [0.25, 0.3) is 11.0 Å². The van der Waals surface area contributed by atoms with Gasteiger partial charge in [0.25, 0.3) is 0 Å². The summed E-state index contributed by atoms with van der Waals surface area (Å²) in [6.07, 6.45) is 4.44. The SMILES string of the molecule is Cc1c[nH]c2ncnc(N3CC[C@](N)(CNc4cc(C(C)(C)C)on4)C3)c12. The number of rotatable bonds is 4. The van der Waals surface area contributed by atoms with Gasteiger partial charge in [-0.15, -0.1) is 0 Å². The molecule has 1 fully saturated rings. The fourth-order valence-electron chi connectivity index (χ4n) is 3.54. The third-order valence-electron chi connectivity index (χ3n) is 5.20. The monoisotopic (exact) mass is 369 g/mol. The van der Waals surface area contributed by atoms with Crippen molar-refractivity contribution in [2.45, 2.75) is 45.1 Å². The first-order chi connectivity index (χ1) is 12.8. The molecule has 8 heteroatoms. The number of fused-ring (bicyclic) bond motifs is 1. The van der Waals surface area contributed by atoms with E-state index in [9.17, 15) is 0 Å². The van der Waals surface area contributed by atoms with E-state index in [1.807, 2.05) is 12.3 Å². The van der Waals surface area contributed by atoms with Crippen LogP contribution in [0.4, 0.5) is 11.6 Å². The molecular weight excluding hydrogens is 342 g/mol.